The lowest BCUT2D eigenvalue weighted by Crippen LogP contribution is -2.51. The predicted octanol–water partition coefficient (Wildman–Crippen LogP) is 5.18. The first-order valence-corrected chi connectivity index (χ1v) is 12.4. The van der Waals surface area contributed by atoms with Crippen LogP contribution in [0.4, 0.5) is 0 Å². The van der Waals surface area contributed by atoms with Crippen LogP contribution in [-0.4, -0.2) is 36.4 Å². The second-order valence-electron chi connectivity index (χ2n) is 8.74. The smallest absolute Gasteiger partial charge is 0.243 e. The number of rotatable bonds is 13. The number of unbranched alkanes of at least 4 members (excludes halogenated alkanes) is 2. The van der Waals surface area contributed by atoms with Crippen LogP contribution < -0.4 is 10.1 Å². The summed E-state index contributed by atoms with van der Waals surface area (Å²) in [5.41, 5.74) is 2.90. The maximum absolute atomic E-state index is 13.7. The average molecular weight is 473 g/mol. The Balaban J connectivity index is 1.90. The summed E-state index contributed by atoms with van der Waals surface area (Å²) in [6.07, 6.45) is 3.77. The summed E-state index contributed by atoms with van der Waals surface area (Å²) >= 11 is 0. The summed E-state index contributed by atoms with van der Waals surface area (Å²) in [5, 5.41) is 3.09. The summed E-state index contributed by atoms with van der Waals surface area (Å²) < 4.78 is 5.28. The van der Waals surface area contributed by atoms with Crippen molar-refractivity contribution in [3.63, 3.8) is 0 Å². The van der Waals surface area contributed by atoms with Crippen molar-refractivity contribution in [1.29, 1.82) is 0 Å². The first-order valence-electron chi connectivity index (χ1n) is 12.4. The lowest BCUT2D eigenvalue weighted by atomic mass is 10.0. The van der Waals surface area contributed by atoms with Gasteiger partial charge in [0.2, 0.25) is 11.8 Å². The molecular formula is C30H36N2O3. The Kier molecular flexibility index (Phi) is 10.4. The van der Waals surface area contributed by atoms with Crippen LogP contribution in [0.3, 0.4) is 0 Å². The molecule has 0 aliphatic carbocycles. The number of ether oxygens (including phenoxy) is 1. The normalized spacial score (nSPS) is 11.5. The van der Waals surface area contributed by atoms with Crippen LogP contribution in [-0.2, 0) is 29.0 Å². The van der Waals surface area contributed by atoms with Crippen molar-refractivity contribution in [3.8, 4) is 5.75 Å². The van der Waals surface area contributed by atoms with E-state index < -0.39 is 6.04 Å². The molecule has 3 rings (SSSR count). The highest BCUT2D eigenvalue weighted by Crippen LogP contribution is 2.18. The number of nitrogens with zero attached hydrogens (tertiary/aromatic N) is 1. The Hall–Kier alpha value is -3.60. The maximum Gasteiger partial charge on any atom is 0.243 e. The predicted molar refractivity (Wildman–Crippen MR) is 140 cm³/mol. The summed E-state index contributed by atoms with van der Waals surface area (Å²) in [6, 6.07) is 26.6. The monoisotopic (exact) mass is 472 g/mol. The van der Waals surface area contributed by atoms with Crippen LogP contribution in [0.15, 0.2) is 84.9 Å². The highest BCUT2D eigenvalue weighted by molar-refractivity contribution is 5.88. The van der Waals surface area contributed by atoms with Crippen LogP contribution in [0.25, 0.3) is 0 Å². The molecule has 184 valence electrons. The van der Waals surface area contributed by atoms with Crippen molar-refractivity contribution < 1.29 is 14.3 Å². The van der Waals surface area contributed by atoms with Crippen LogP contribution in [0, 0.1) is 0 Å². The zero-order valence-electron chi connectivity index (χ0n) is 20.8. The fraction of sp³-hybridized carbons (Fsp3) is 0.333. The minimum absolute atomic E-state index is 0.0725. The molecule has 0 spiro atoms. The molecule has 35 heavy (non-hydrogen) atoms. The first kappa shape index (κ1) is 26.0. The molecule has 1 atom stereocenters. The minimum Gasteiger partial charge on any atom is -0.497 e. The first-order chi connectivity index (χ1) is 17.1. The van der Waals surface area contributed by atoms with Crippen molar-refractivity contribution in [2.45, 2.75) is 51.6 Å². The minimum atomic E-state index is -0.614. The van der Waals surface area contributed by atoms with Gasteiger partial charge in [0.25, 0.3) is 0 Å². The van der Waals surface area contributed by atoms with E-state index in [1.165, 1.54) is 0 Å². The third-order valence-electron chi connectivity index (χ3n) is 6.06. The molecule has 2 amide bonds. The van der Waals surface area contributed by atoms with Gasteiger partial charge >= 0.3 is 0 Å². The Morgan fingerprint density at radius 2 is 1.46 bits per heavy atom. The molecule has 0 heterocycles. The van der Waals surface area contributed by atoms with Gasteiger partial charge in [0, 0.05) is 19.5 Å². The lowest BCUT2D eigenvalue weighted by molar-refractivity contribution is -0.140. The Bertz CT molecular complexity index is 1040. The number of carbonyl (C=O) groups excluding carboxylic acids is 2. The number of amides is 2. The largest absolute Gasteiger partial charge is 0.497 e. The number of methoxy groups -OCH3 is 1. The van der Waals surface area contributed by atoms with E-state index in [0.29, 0.717) is 19.5 Å². The van der Waals surface area contributed by atoms with Crippen molar-refractivity contribution >= 4 is 11.8 Å². The molecule has 3 aromatic carbocycles. The maximum atomic E-state index is 13.7. The third-order valence-corrected chi connectivity index (χ3v) is 6.06. The second kappa shape index (κ2) is 14.0. The van der Waals surface area contributed by atoms with Crippen molar-refractivity contribution in [1.82, 2.24) is 10.2 Å². The highest BCUT2D eigenvalue weighted by Gasteiger charge is 2.30. The van der Waals surface area contributed by atoms with Gasteiger partial charge in [-0.15, -0.1) is 0 Å². The van der Waals surface area contributed by atoms with Crippen LogP contribution in [0.1, 0.15) is 42.9 Å². The molecule has 0 aromatic heterocycles. The van der Waals surface area contributed by atoms with Gasteiger partial charge in [-0.05, 0) is 35.2 Å². The van der Waals surface area contributed by atoms with E-state index in [1.54, 1.807) is 12.0 Å². The molecule has 3 aromatic rings. The van der Waals surface area contributed by atoms with E-state index in [2.05, 4.69) is 12.2 Å². The lowest BCUT2D eigenvalue weighted by Gasteiger charge is -2.32. The van der Waals surface area contributed by atoms with Crippen molar-refractivity contribution in [2.24, 2.45) is 0 Å². The molecule has 0 saturated carbocycles. The molecule has 0 fully saturated rings. The number of nitrogens with one attached hydrogen (secondary N) is 1. The molecule has 0 bridgehead atoms. The zero-order valence-corrected chi connectivity index (χ0v) is 20.8. The molecule has 0 saturated heterocycles. The van der Waals surface area contributed by atoms with Gasteiger partial charge in [0.05, 0.1) is 13.5 Å². The third kappa shape index (κ3) is 8.29. The second-order valence-corrected chi connectivity index (χ2v) is 8.74. The Morgan fingerprint density at radius 3 is 2.06 bits per heavy atom. The fourth-order valence-corrected chi connectivity index (χ4v) is 4.06. The van der Waals surface area contributed by atoms with Gasteiger partial charge < -0.3 is 15.0 Å². The summed E-state index contributed by atoms with van der Waals surface area (Å²) in [6.45, 7) is 3.09. The molecular weight excluding hydrogens is 436 g/mol. The van der Waals surface area contributed by atoms with E-state index in [4.69, 9.17) is 4.74 Å². The fourth-order valence-electron chi connectivity index (χ4n) is 4.06. The van der Waals surface area contributed by atoms with Crippen LogP contribution in [0.2, 0.25) is 0 Å². The van der Waals surface area contributed by atoms with E-state index in [1.807, 2.05) is 84.9 Å². The van der Waals surface area contributed by atoms with Gasteiger partial charge in [-0.1, -0.05) is 92.6 Å². The van der Waals surface area contributed by atoms with Crippen molar-refractivity contribution in [2.75, 3.05) is 13.7 Å². The molecule has 0 unspecified atom stereocenters. The summed E-state index contributed by atoms with van der Waals surface area (Å²) in [7, 11) is 1.63. The Labute approximate surface area is 209 Å². The summed E-state index contributed by atoms with van der Waals surface area (Å²) in [5.74, 6) is 0.571. The van der Waals surface area contributed by atoms with Gasteiger partial charge in [0.15, 0.2) is 0 Å². The van der Waals surface area contributed by atoms with Gasteiger partial charge in [-0.2, -0.15) is 0 Å². The number of benzene rings is 3. The summed E-state index contributed by atoms with van der Waals surface area (Å²) in [4.78, 5) is 28.9. The van der Waals surface area contributed by atoms with Crippen LogP contribution >= 0.6 is 0 Å². The molecule has 1 N–H and O–H groups in total. The standard InChI is InChI=1S/C30H36N2O3/c1-3-4-11-20-31-30(34)28(21-24-12-7-5-8-13-24)32(23-26-16-18-27(35-2)19-17-26)29(33)22-25-14-9-6-10-15-25/h5-10,12-19,28H,3-4,11,20-23H2,1-2H3,(H,31,34)/t28-/m1/s1. The van der Waals surface area contributed by atoms with Gasteiger partial charge in [-0.3, -0.25) is 9.59 Å². The van der Waals surface area contributed by atoms with E-state index in [-0.39, 0.29) is 18.2 Å². The number of hydrogen-bond acceptors (Lipinski definition) is 3. The van der Waals surface area contributed by atoms with E-state index >= 15 is 0 Å². The van der Waals surface area contributed by atoms with Crippen molar-refractivity contribution in [3.05, 3.63) is 102 Å². The quantitative estimate of drug-likeness (QED) is 0.349. The number of hydrogen-bond donors (Lipinski definition) is 1. The Morgan fingerprint density at radius 1 is 0.829 bits per heavy atom. The molecule has 0 radical (unpaired) electrons. The van der Waals surface area contributed by atoms with Crippen LogP contribution in [0.5, 0.6) is 5.75 Å². The van der Waals surface area contributed by atoms with E-state index in [0.717, 1.165) is 41.7 Å². The van der Waals surface area contributed by atoms with Gasteiger partial charge in [-0.25, -0.2) is 0 Å². The molecule has 5 nitrogen and oxygen atoms in total. The molecule has 0 aliphatic rings. The zero-order chi connectivity index (χ0) is 24.9. The van der Waals surface area contributed by atoms with E-state index in [9.17, 15) is 9.59 Å². The number of carbonyl (C=O) groups is 2. The SMILES string of the molecule is CCCCCNC(=O)[C@@H](Cc1ccccc1)N(Cc1ccc(OC)cc1)C(=O)Cc1ccccc1. The average Bonchev–Trinajstić information content (AvgIpc) is 2.90. The van der Waals surface area contributed by atoms with Gasteiger partial charge in [0.1, 0.15) is 11.8 Å². The molecule has 0 aliphatic heterocycles. The molecule has 5 heteroatoms. The highest BCUT2D eigenvalue weighted by atomic mass is 16.5. The topological polar surface area (TPSA) is 58.6 Å².